The molecule has 1 N–H and O–H groups in total. The molecule has 1 heterocycles. The predicted octanol–water partition coefficient (Wildman–Crippen LogP) is 3.41. The van der Waals surface area contributed by atoms with E-state index in [2.05, 4.69) is 5.32 Å². The normalized spacial score (nSPS) is 21.6. The van der Waals surface area contributed by atoms with Gasteiger partial charge in [0, 0.05) is 11.6 Å². The number of alkyl halides is 1. The Morgan fingerprint density at radius 2 is 2.28 bits per heavy atom. The fourth-order valence-corrected chi connectivity index (χ4v) is 2.76. The summed E-state index contributed by atoms with van der Waals surface area (Å²) in [5, 5.41) is 3.51. The molecule has 3 heteroatoms. The van der Waals surface area contributed by atoms with Crippen molar-refractivity contribution in [2.24, 2.45) is 0 Å². The summed E-state index contributed by atoms with van der Waals surface area (Å²) in [5.74, 6) is 0.665. The maximum absolute atomic E-state index is 13.8. The largest absolute Gasteiger partial charge is 0.496 e. The third kappa shape index (κ3) is 3.02. The monoisotopic (exact) mass is 251 g/mol. The average Bonchev–Trinajstić information content (AvgIpc) is 2.39. The third-order valence-electron chi connectivity index (χ3n) is 3.65. The Kier molecular flexibility index (Phi) is 4.59. The Morgan fingerprint density at radius 1 is 1.44 bits per heavy atom. The lowest BCUT2D eigenvalue weighted by molar-refractivity contribution is 0.340. The summed E-state index contributed by atoms with van der Waals surface area (Å²) in [4.78, 5) is 0. The van der Waals surface area contributed by atoms with Crippen LogP contribution in [0.3, 0.4) is 0 Å². The van der Waals surface area contributed by atoms with Crippen LogP contribution < -0.4 is 10.1 Å². The molecule has 2 rings (SSSR count). The zero-order valence-corrected chi connectivity index (χ0v) is 11.2. The first-order valence-corrected chi connectivity index (χ1v) is 6.75. The quantitative estimate of drug-likeness (QED) is 0.885. The van der Waals surface area contributed by atoms with E-state index in [1.165, 1.54) is 19.3 Å². The van der Waals surface area contributed by atoms with Crippen LogP contribution in [0.4, 0.5) is 4.39 Å². The van der Waals surface area contributed by atoms with E-state index >= 15 is 0 Å². The topological polar surface area (TPSA) is 21.3 Å². The number of nitrogens with one attached hydrogen (secondary N) is 1. The summed E-state index contributed by atoms with van der Waals surface area (Å²) < 4.78 is 19.1. The molecule has 1 aromatic carbocycles. The van der Waals surface area contributed by atoms with E-state index in [9.17, 15) is 4.39 Å². The summed E-state index contributed by atoms with van der Waals surface area (Å²) >= 11 is 0. The van der Waals surface area contributed by atoms with Crippen LogP contribution in [0.25, 0.3) is 0 Å². The molecule has 100 valence electrons. The Hall–Kier alpha value is -1.09. The first kappa shape index (κ1) is 13.3. The molecule has 0 radical (unpaired) electrons. The van der Waals surface area contributed by atoms with Gasteiger partial charge in [-0.05, 0) is 44.4 Å². The predicted molar refractivity (Wildman–Crippen MR) is 71.9 cm³/mol. The van der Waals surface area contributed by atoms with Crippen LogP contribution in [-0.4, -0.2) is 19.7 Å². The Labute approximate surface area is 109 Å². The molecule has 0 aromatic heterocycles. The van der Waals surface area contributed by atoms with Crippen LogP contribution >= 0.6 is 0 Å². The molecule has 1 aromatic rings. The van der Waals surface area contributed by atoms with Gasteiger partial charge in [0.1, 0.15) is 11.9 Å². The van der Waals surface area contributed by atoms with Crippen LogP contribution in [-0.2, 0) is 6.42 Å². The van der Waals surface area contributed by atoms with Gasteiger partial charge in [0.05, 0.1) is 7.11 Å². The second-order valence-corrected chi connectivity index (χ2v) is 5.00. The summed E-state index contributed by atoms with van der Waals surface area (Å²) in [6, 6.07) is 6.28. The van der Waals surface area contributed by atoms with E-state index in [-0.39, 0.29) is 0 Å². The number of ether oxygens (including phenoxy) is 1. The zero-order chi connectivity index (χ0) is 13.0. The summed E-state index contributed by atoms with van der Waals surface area (Å²) in [7, 11) is 1.60. The molecule has 0 amide bonds. The molecule has 1 aliphatic heterocycles. The summed E-state index contributed by atoms with van der Waals surface area (Å²) in [6.07, 6.45) is 3.60. The Morgan fingerprint density at radius 3 is 2.89 bits per heavy atom. The maximum Gasteiger partial charge on any atom is 0.126 e. The molecule has 1 saturated heterocycles. The first-order chi connectivity index (χ1) is 8.72. The fraction of sp³-hybridized carbons (Fsp3) is 0.600. The zero-order valence-electron chi connectivity index (χ0n) is 11.2. The number of piperidine rings is 1. The molecular formula is C15H22FNO. The second kappa shape index (κ2) is 6.19. The Bertz CT molecular complexity index is 386. The van der Waals surface area contributed by atoms with Crippen molar-refractivity contribution >= 4 is 0 Å². The highest BCUT2D eigenvalue weighted by Crippen LogP contribution is 2.32. The van der Waals surface area contributed by atoms with Gasteiger partial charge >= 0.3 is 0 Å². The third-order valence-corrected chi connectivity index (χ3v) is 3.65. The number of hydrogen-bond donors (Lipinski definition) is 1. The molecule has 0 aliphatic carbocycles. The lowest BCUT2D eigenvalue weighted by atomic mass is 9.93. The summed E-state index contributed by atoms with van der Waals surface area (Å²) in [5.41, 5.74) is 1.79. The highest BCUT2D eigenvalue weighted by Gasteiger charge is 2.19. The van der Waals surface area contributed by atoms with E-state index in [0.29, 0.717) is 17.4 Å². The van der Waals surface area contributed by atoms with E-state index in [1.807, 2.05) is 18.2 Å². The Balaban J connectivity index is 2.20. The number of methoxy groups -OCH3 is 1. The second-order valence-electron chi connectivity index (χ2n) is 5.00. The molecule has 2 nitrogen and oxygen atoms in total. The van der Waals surface area contributed by atoms with Gasteiger partial charge in [-0.3, -0.25) is 0 Å². The molecule has 1 fully saturated rings. The molecular weight excluding hydrogens is 229 g/mol. The minimum atomic E-state index is -0.986. The highest BCUT2D eigenvalue weighted by atomic mass is 19.1. The lowest BCUT2D eigenvalue weighted by Gasteiger charge is -2.25. The first-order valence-electron chi connectivity index (χ1n) is 6.75. The van der Waals surface area contributed by atoms with Crippen molar-refractivity contribution in [2.45, 2.75) is 44.8 Å². The van der Waals surface area contributed by atoms with Gasteiger partial charge in [0.2, 0.25) is 0 Å². The van der Waals surface area contributed by atoms with Crippen LogP contribution in [0.5, 0.6) is 5.75 Å². The molecule has 0 bridgehead atoms. The van der Waals surface area contributed by atoms with Crippen LogP contribution in [0.15, 0.2) is 18.2 Å². The van der Waals surface area contributed by atoms with Gasteiger partial charge in [0.15, 0.2) is 0 Å². The van der Waals surface area contributed by atoms with Crippen LogP contribution in [0, 0.1) is 0 Å². The molecule has 0 spiro atoms. The minimum absolute atomic E-state index is 0.475. The van der Waals surface area contributed by atoms with Crippen molar-refractivity contribution < 1.29 is 9.13 Å². The van der Waals surface area contributed by atoms with Crippen molar-refractivity contribution in [1.29, 1.82) is 0 Å². The lowest BCUT2D eigenvalue weighted by Crippen LogP contribution is -2.35. The summed E-state index contributed by atoms with van der Waals surface area (Å²) in [6.45, 7) is 2.66. The molecule has 2 unspecified atom stereocenters. The smallest absolute Gasteiger partial charge is 0.126 e. The van der Waals surface area contributed by atoms with Crippen LogP contribution in [0.1, 0.15) is 43.5 Å². The van der Waals surface area contributed by atoms with Crippen molar-refractivity contribution in [1.82, 2.24) is 5.32 Å². The van der Waals surface area contributed by atoms with Gasteiger partial charge in [0.25, 0.3) is 0 Å². The van der Waals surface area contributed by atoms with Gasteiger partial charge in [-0.15, -0.1) is 0 Å². The number of rotatable bonds is 4. The van der Waals surface area contributed by atoms with Crippen molar-refractivity contribution in [3.63, 3.8) is 0 Å². The number of benzene rings is 1. The number of halogens is 1. The van der Waals surface area contributed by atoms with Gasteiger partial charge < -0.3 is 10.1 Å². The van der Waals surface area contributed by atoms with Crippen molar-refractivity contribution in [3.05, 3.63) is 29.3 Å². The van der Waals surface area contributed by atoms with E-state index in [1.54, 1.807) is 14.0 Å². The average molecular weight is 251 g/mol. The fourth-order valence-electron chi connectivity index (χ4n) is 2.76. The standard InChI is InChI=1S/C15H22FNO/c1-11(16)15-12(6-5-8-14(15)18-2)10-13-7-3-4-9-17-13/h5-6,8,11,13,17H,3-4,7,9-10H2,1-2H3. The minimum Gasteiger partial charge on any atom is -0.496 e. The molecule has 1 aliphatic rings. The van der Waals surface area contributed by atoms with Crippen molar-refractivity contribution in [2.75, 3.05) is 13.7 Å². The molecule has 2 atom stereocenters. The van der Waals surface area contributed by atoms with E-state index < -0.39 is 6.17 Å². The maximum atomic E-state index is 13.8. The van der Waals surface area contributed by atoms with E-state index in [0.717, 1.165) is 18.5 Å². The highest BCUT2D eigenvalue weighted by molar-refractivity contribution is 5.42. The van der Waals surface area contributed by atoms with Crippen LogP contribution in [0.2, 0.25) is 0 Å². The van der Waals surface area contributed by atoms with Crippen molar-refractivity contribution in [3.8, 4) is 5.75 Å². The van der Waals surface area contributed by atoms with E-state index in [4.69, 9.17) is 4.74 Å². The number of hydrogen-bond acceptors (Lipinski definition) is 2. The SMILES string of the molecule is COc1cccc(CC2CCCCN2)c1C(C)F. The molecule has 0 saturated carbocycles. The van der Waals surface area contributed by atoms with Gasteiger partial charge in [-0.25, -0.2) is 4.39 Å². The van der Waals surface area contributed by atoms with Gasteiger partial charge in [-0.1, -0.05) is 18.6 Å². The molecule has 18 heavy (non-hydrogen) atoms. The van der Waals surface area contributed by atoms with Gasteiger partial charge in [-0.2, -0.15) is 0 Å².